The van der Waals surface area contributed by atoms with E-state index in [1.54, 1.807) is 0 Å². The Morgan fingerprint density at radius 3 is 2.61 bits per heavy atom. The van der Waals surface area contributed by atoms with Crippen molar-refractivity contribution in [2.24, 2.45) is 0 Å². The number of benzene rings is 1. The van der Waals surface area contributed by atoms with E-state index in [9.17, 15) is 9.59 Å². The lowest BCUT2D eigenvalue weighted by Crippen LogP contribution is -2.40. The van der Waals surface area contributed by atoms with Gasteiger partial charge in [-0.1, -0.05) is 38.1 Å². The normalized spacial score (nSPS) is 18.9. The molecule has 1 amide bonds. The molecule has 23 heavy (non-hydrogen) atoms. The van der Waals surface area contributed by atoms with Crippen LogP contribution in [0.3, 0.4) is 0 Å². The third kappa shape index (κ3) is 4.57. The topological polar surface area (TPSA) is 57.6 Å². The fourth-order valence-electron chi connectivity index (χ4n) is 3.16. The first kappa shape index (κ1) is 17.5. The van der Waals surface area contributed by atoms with Crippen LogP contribution in [0.2, 0.25) is 0 Å². The fraction of sp³-hybridized carbons (Fsp3) is 0.579. The molecular formula is C19H27NO3. The van der Waals surface area contributed by atoms with Crippen molar-refractivity contribution in [2.45, 2.75) is 64.3 Å². The molecule has 1 saturated heterocycles. The van der Waals surface area contributed by atoms with Gasteiger partial charge in [-0.15, -0.1) is 0 Å². The number of aliphatic carboxylic acids is 1. The number of carboxylic acids is 1. The van der Waals surface area contributed by atoms with Crippen molar-refractivity contribution < 1.29 is 14.7 Å². The van der Waals surface area contributed by atoms with Crippen LogP contribution in [-0.4, -0.2) is 34.5 Å². The second kappa shape index (κ2) is 8.14. The van der Waals surface area contributed by atoms with Gasteiger partial charge in [-0.2, -0.15) is 0 Å². The summed E-state index contributed by atoms with van der Waals surface area (Å²) < 4.78 is 0. The summed E-state index contributed by atoms with van der Waals surface area (Å²) in [5.74, 6) is -0.323. The molecule has 0 bridgehead atoms. The van der Waals surface area contributed by atoms with E-state index in [4.69, 9.17) is 5.11 Å². The number of aryl methyl sites for hydroxylation is 1. The number of amides is 1. The Morgan fingerprint density at radius 1 is 1.30 bits per heavy atom. The first-order chi connectivity index (χ1) is 11.0. The van der Waals surface area contributed by atoms with Gasteiger partial charge < -0.3 is 10.0 Å². The smallest absolute Gasteiger partial charge is 0.326 e. The number of rotatable bonds is 7. The SMILES string of the molecule is CCC(C)c1ccc(CCCC(=O)N2CCCC2C(=O)O)cc1. The number of likely N-dealkylation sites (tertiary alicyclic amines) is 1. The summed E-state index contributed by atoms with van der Waals surface area (Å²) in [5.41, 5.74) is 2.59. The van der Waals surface area contributed by atoms with E-state index in [0.29, 0.717) is 25.3 Å². The van der Waals surface area contributed by atoms with Gasteiger partial charge in [0.1, 0.15) is 6.04 Å². The third-order valence-electron chi connectivity index (χ3n) is 4.88. The van der Waals surface area contributed by atoms with Crippen LogP contribution in [0.5, 0.6) is 0 Å². The van der Waals surface area contributed by atoms with E-state index < -0.39 is 12.0 Å². The van der Waals surface area contributed by atoms with E-state index in [1.165, 1.54) is 16.0 Å². The molecule has 1 heterocycles. The van der Waals surface area contributed by atoms with Crippen LogP contribution >= 0.6 is 0 Å². The molecule has 0 aromatic heterocycles. The minimum absolute atomic E-state index is 0.0221. The van der Waals surface area contributed by atoms with E-state index in [-0.39, 0.29) is 5.91 Å². The van der Waals surface area contributed by atoms with Crippen molar-refractivity contribution >= 4 is 11.9 Å². The molecule has 4 heteroatoms. The van der Waals surface area contributed by atoms with Gasteiger partial charge in [-0.3, -0.25) is 4.79 Å². The van der Waals surface area contributed by atoms with Crippen molar-refractivity contribution in [3.8, 4) is 0 Å². The average Bonchev–Trinajstić information content (AvgIpc) is 3.04. The predicted molar refractivity (Wildman–Crippen MR) is 90.5 cm³/mol. The van der Waals surface area contributed by atoms with Crippen LogP contribution in [-0.2, 0) is 16.0 Å². The van der Waals surface area contributed by atoms with Crippen molar-refractivity contribution in [1.29, 1.82) is 0 Å². The molecule has 1 aromatic carbocycles. The molecule has 0 spiro atoms. The maximum atomic E-state index is 12.2. The second-order valence-corrected chi connectivity index (χ2v) is 6.49. The van der Waals surface area contributed by atoms with Crippen LogP contribution in [0.25, 0.3) is 0 Å². The van der Waals surface area contributed by atoms with Gasteiger partial charge in [0.05, 0.1) is 0 Å². The molecular weight excluding hydrogens is 290 g/mol. The molecule has 1 N–H and O–H groups in total. The summed E-state index contributed by atoms with van der Waals surface area (Å²) in [6.07, 6.45) is 4.56. The summed E-state index contributed by atoms with van der Waals surface area (Å²) >= 11 is 0. The van der Waals surface area contributed by atoms with Crippen LogP contribution < -0.4 is 0 Å². The summed E-state index contributed by atoms with van der Waals surface area (Å²) in [4.78, 5) is 24.9. The standard InChI is InChI=1S/C19H27NO3/c1-3-14(2)16-11-9-15(10-12-16)6-4-8-18(21)20-13-5-7-17(20)19(22)23/h9-12,14,17H,3-8,13H2,1-2H3,(H,22,23). The highest BCUT2D eigenvalue weighted by Crippen LogP contribution is 2.21. The van der Waals surface area contributed by atoms with Gasteiger partial charge in [-0.25, -0.2) is 4.79 Å². The Hall–Kier alpha value is -1.84. The Balaban J connectivity index is 1.80. The number of hydrogen-bond acceptors (Lipinski definition) is 2. The zero-order chi connectivity index (χ0) is 16.8. The lowest BCUT2D eigenvalue weighted by molar-refractivity contribution is -0.148. The second-order valence-electron chi connectivity index (χ2n) is 6.49. The molecule has 126 valence electrons. The lowest BCUT2D eigenvalue weighted by Gasteiger charge is -2.21. The molecule has 4 nitrogen and oxygen atoms in total. The van der Waals surface area contributed by atoms with Crippen LogP contribution in [0, 0.1) is 0 Å². The number of hydrogen-bond donors (Lipinski definition) is 1. The largest absolute Gasteiger partial charge is 0.480 e. The quantitative estimate of drug-likeness (QED) is 0.836. The Bertz CT molecular complexity index is 538. The number of carbonyl (C=O) groups excluding carboxylic acids is 1. The van der Waals surface area contributed by atoms with Gasteiger partial charge in [0.2, 0.25) is 5.91 Å². The molecule has 0 saturated carbocycles. The Labute approximate surface area is 138 Å². The third-order valence-corrected chi connectivity index (χ3v) is 4.88. The molecule has 1 aliphatic heterocycles. The first-order valence-corrected chi connectivity index (χ1v) is 8.64. The zero-order valence-corrected chi connectivity index (χ0v) is 14.1. The highest BCUT2D eigenvalue weighted by molar-refractivity contribution is 5.84. The summed E-state index contributed by atoms with van der Waals surface area (Å²) in [6.45, 7) is 4.99. The predicted octanol–water partition coefficient (Wildman–Crippen LogP) is 3.60. The molecule has 1 fully saturated rings. The Kier molecular flexibility index (Phi) is 6.20. The lowest BCUT2D eigenvalue weighted by atomic mass is 9.96. The van der Waals surface area contributed by atoms with Crippen LogP contribution in [0.1, 0.15) is 63.0 Å². The number of carboxylic acid groups (broad SMARTS) is 1. The highest BCUT2D eigenvalue weighted by atomic mass is 16.4. The molecule has 2 rings (SSSR count). The van der Waals surface area contributed by atoms with Crippen molar-refractivity contribution in [1.82, 2.24) is 4.90 Å². The maximum Gasteiger partial charge on any atom is 0.326 e. The first-order valence-electron chi connectivity index (χ1n) is 8.64. The summed E-state index contributed by atoms with van der Waals surface area (Å²) in [7, 11) is 0. The minimum atomic E-state index is -0.878. The van der Waals surface area contributed by atoms with Gasteiger partial charge in [-0.05, 0) is 49.1 Å². The van der Waals surface area contributed by atoms with Crippen molar-refractivity contribution in [2.75, 3.05) is 6.54 Å². The van der Waals surface area contributed by atoms with Crippen molar-refractivity contribution in [3.05, 3.63) is 35.4 Å². The van der Waals surface area contributed by atoms with Gasteiger partial charge >= 0.3 is 5.97 Å². The molecule has 2 atom stereocenters. The molecule has 1 aliphatic rings. The van der Waals surface area contributed by atoms with E-state index >= 15 is 0 Å². The van der Waals surface area contributed by atoms with Crippen LogP contribution in [0.15, 0.2) is 24.3 Å². The van der Waals surface area contributed by atoms with Gasteiger partial charge in [0.15, 0.2) is 0 Å². The molecule has 1 aromatic rings. The molecule has 0 aliphatic carbocycles. The van der Waals surface area contributed by atoms with E-state index in [1.807, 2.05) is 0 Å². The summed E-state index contributed by atoms with van der Waals surface area (Å²) in [5, 5.41) is 9.13. The minimum Gasteiger partial charge on any atom is -0.480 e. The monoisotopic (exact) mass is 317 g/mol. The van der Waals surface area contributed by atoms with Crippen LogP contribution in [0.4, 0.5) is 0 Å². The average molecular weight is 317 g/mol. The Morgan fingerprint density at radius 2 is 2.00 bits per heavy atom. The highest BCUT2D eigenvalue weighted by Gasteiger charge is 2.33. The number of nitrogens with zero attached hydrogens (tertiary/aromatic N) is 1. The maximum absolute atomic E-state index is 12.2. The zero-order valence-electron chi connectivity index (χ0n) is 14.1. The fourth-order valence-corrected chi connectivity index (χ4v) is 3.16. The van der Waals surface area contributed by atoms with Crippen molar-refractivity contribution in [3.63, 3.8) is 0 Å². The van der Waals surface area contributed by atoms with E-state index in [0.717, 1.165) is 25.7 Å². The molecule has 2 unspecified atom stereocenters. The van der Waals surface area contributed by atoms with E-state index in [2.05, 4.69) is 38.1 Å². The van der Waals surface area contributed by atoms with Gasteiger partial charge in [0.25, 0.3) is 0 Å². The summed E-state index contributed by atoms with van der Waals surface area (Å²) in [6, 6.07) is 8.01. The number of carbonyl (C=O) groups is 2. The van der Waals surface area contributed by atoms with Gasteiger partial charge in [0, 0.05) is 13.0 Å². The molecule has 0 radical (unpaired) electrons.